The molecule has 0 aliphatic carbocycles. The van der Waals surface area contributed by atoms with Gasteiger partial charge in [0.15, 0.2) is 0 Å². The molecule has 4 rings (SSSR count). The predicted molar refractivity (Wildman–Crippen MR) is 143 cm³/mol. The maximum absolute atomic E-state index is 12.0. The van der Waals surface area contributed by atoms with Crippen LogP contribution in [0.1, 0.15) is 36.9 Å². The maximum atomic E-state index is 12.0. The van der Waals surface area contributed by atoms with Crippen LogP contribution in [0.3, 0.4) is 0 Å². The van der Waals surface area contributed by atoms with E-state index in [0.29, 0.717) is 23.4 Å². The number of halogens is 1. The molecule has 1 aliphatic rings. The first-order chi connectivity index (χ1) is 17.1. The Bertz CT molecular complexity index is 1010. The molecular weight excluding hydrogens is 458 g/mol. The molecule has 1 saturated heterocycles. The van der Waals surface area contributed by atoms with E-state index in [1.54, 1.807) is 24.3 Å². The average Bonchev–Trinajstić information content (AvgIpc) is 2.88. The van der Waals surface area contributed by atoms with Crippen LogP contribution in [0.4, 0.5) is 10.5 Å². The molecular formula is C29H34ClN3O2. The summed E-state index contributed by atoms with van der Waals surface area (Å²) in [6.45, 7) is 6.86. The quantitative estimate of drug-likeness (QED) is 0.349. The van der Waals surface area contributed by atoms with Gasteiger partial charge in [-0.25, -0.2) is 4.79 Å². The fraction of sp³-hybridized carbons (Fsp3) is 0.345. The molecule has 0 saturated carbocycles. The minimum Gasteiger partial charge on any atom is -0.449 e. The number of hydrogen-bond acceptors (Lipinski definition) is 4. The SMILES string of the molecule is C[C@H]1CN(CCCCOC(=O)Nc2ccc(Cl)cc2)CCN1C(c1ccccc1)c1ccccc1. The highest BCUT2D eigenvalue weighted by Gasteiger charge is 2.31. The smallest absolute Gasteiger partial charge is 0.411 e. The number of unbranched alkanes of at least 4 members (excludes halogenated alkanes) is 1. The molecule has 35 heavy (non-hydrogen) atoms. The van der Waals surface area contributed by atoms with Gasteiger partial charge in [-0.15, -0.1) is 0 Å². The van der Waals surface area contributed by atoms with E-state index in [9.17, 15) is 4.79 Å². The van der Waals surface area contributed by atoms with Gasteiger partial charge in [-0.2, -0.15) is 0 Å². The Kier molecular flexibility index (Phi) is 9.18. The third-order valence-corrected chi connectivity index (χ3v) is 6.77. The van der Waals surface area contributed by atoms with Gasteiger partial charge >= 0.3 is 6.09 Å². The fourth-order valence-electron chi connectivity index (χ4n) is 4.77. The van der Waals surface area contributed by atoms with E-state index in [-0.39, 0.29) is 6.04 Å². The summed E-state index contributed by atoms with van der Waals surface area (Å²) >= 11 is 5.87. The van der Waals surface area contributed by atoms with Crippen molar-refractivity contribution in [2.75, 3.05) is 38.1 Å². The van der Waals surface area contributed by atoms with Crippen molar-refractivity contribution in [3.63, 3.8) is 0 Å². The van der Waals surface area contributed by atoms with Crippen LogP contribution in [0.5, 0.6) is 0 Å². The van der Waals surface area contributed by atoms with E-state index >= 15 is 0 Å². The third-order valence-electron chi connectivity index (χ3n) is 6.52. The van der Waals surface area contributed by atoms with E-state index in [0.717, 1.165) is 39.0 Å². The van der Waals surface area contributed by atoms with Crippen LogP contribution in [-0.2, 0) is 4.74 Å². The molecule has 5 nitrogen and oxygen atoms in total. The topological polar surface area (TPSA) is 44.8 Å². The number of anilines is 1. The van der Waals surface area contributed by atoms with E-state index in [1.807, 2.05) is 0 Å². The summed E-state index contributed by atoms with van der Waals surface area (Å²) in [7, 11) is 0. The number of nitrogens with one attached hydrogen (secondary N) is 1. The lowest BCUT2D eigenvalue weighted by Gasteiger charge is -2.44. The molecule has 0 unspecified atom stereocenters. The number of piperazine rings is 1. The van der Waals surface area contributed by atoms with Gasteiger partial charge in [0, 0.05) is 36.4 Å². The van der Waals surface area contributed by atoms with Crippen LogP contribution < -0.4 is 5.32 Å². The van der Waals surface area contributed by atoms with Crippen molar-refractivity contribution in [3.8, 4) is 0 Å². The van der Waals surface area contributed by atoms with Gasteiger partial charge < -0.3 is 9.64 Å². The van der Waals surface area contributed by atoms with Crippen LogP contribution in [0.2, 0.25) is 5.02 Å². The van der Waals surface area contributed by atoms with Gasteiger partial charge in [0.25, 0.3) is 0 Å². The second kappa shape index (κ2) is 12.7. The number of ether oxygens (including phenoxy) is 1. The number of nitrogens with zero attached hydrogens (tertiary/aromatic N) is 2. The highest BCUT2D eigenvalue weighted by Crippen LogP contribution is 2.31. The molecule has 1 amide bonds. The number of rotatable bonds is 9. The monoisotopic (exact) mass is 491 g/mol. The summed E-state index contributed by atoms with van der Waals surface area (Å²) in [6, 6.07) is 29.3. The van der Waals surface area contributed by atoms with Crippen molar-refractivity contribution in [1.29, 1.82) is 0 Å². The summed E-state index contributed by atoms with van der Waals surface area (Å²) in [6.07, 6.45) is 1.42. The van der Waals surface area contributed by atoms with Gasteiger partial charge in [0.1, 0.15) is 0 Å². The molecule has 1 fully saturated rings. The second-order valence-electron chi connectivity index (χ2n) is 9.09. The number of hydrogen-bond donors (Lipinski definition) is 1. The first kappa shape index (κ1) is 25.2. The van der Waals surface area contributed by atoms with Gasteiger partial charge in [0.2, 0.25) is 0 Å². The van der Waals surface area contributed by atoms with Crippen LogP contribution >= 0.6 is 11.6 Å². The van der Waals surface area contributed by atoms with E-state index in [1.165, 1.54) is 11.1 Å². The minimum atomic E-state index is -0.428. The lowest BCUT2D eigenvalue weighted by Crippen LogP contribution is -2.53. The molecule has 0 aromatic heterocycles. The largest absolute Gasteiger partial charge is 0.449 e. The Morgan fingerprint density at radius 1 is 0.943 bits per heavy atom. The highest BCUT2D eigenvalue weighted by atomic mass is 35.5. The lowest BCUT2D eigenvalue weighted by molar-refractivity contribution is 0.0590. The zero-order valence-corrected chi connectivity index (χ0v) is 21.0. The summed E-state index contributed by atoms with van der Waals surface area (Å²) in [4.78, 5) is 17.1. The van der Waals surface area contributed by atoms with E-state index < -0.39 is 6.09 Å². The normalized spacial score (nSPS) is 16.8. The number of benzene rings is 3. The van der Waals surface area contributed by atoms with Gasteiger partial charge in [-0.05, 0) is 61.7 Å². The average molecular weight is 492 g/mol. The summed E-state index contributed by atoms with van der Waals surface area (Å²) < 4.78 is 5.32. The fourth-order valence-corrected chi connectivity index (χ4v) is 4.90. The van der Waals surface area contributed by atoms with Crippen LogP contribution in [0.25, 0.3) is 0 Å². The minimum absolute atomic E-state index is 0.266. The van der Waals surface area contributed by atoms with E-state index in [2.05, 4.69) is 82.7 Å². The van der Waals surface area contributed by atoms with Crippen molar-refractivity contribution < 1.29 is 9.53 Å². The van der Waals surface area contributed by atoms with Crippen LogP contribution in [0.15, 0.2) is 84.9 Å². The zero-order chi connectivity index (χ0) is 24.5. The maximum Gasteiger partial charge on any atom is 0.411 e. The lowest BCUT2D eigenvalue weighted by atomic mass is 9.95. The summed E-state index contributed by atoms with van der Waals surface area (Å²) in [5, 5.41) is 3.36. The number of carbonyl (C=O) groups is 1. The third kappa shape index (κ3) is 7.31. The number of amides is 1. The van der Waals surface area contributed by atoms with Crippen molar-refractivity contribution in [2.45, 2.75) is 31.8 Å². The van der Waals surface area contributed by atoms with Gasteiger partial charge in [-0.1, -0.05) is 72.3 Å². The van der Waals surface area contributed by atoms with Crippen molar-refractivity contribution >= 4 is 23.4 Å². The van der Waals surface area contributed by atoms with Crippen molar-refractivity contribution in [1.82, 2.24) is 9.80 Å². The van der Waals surface area contributed by atoms with Crippen LogP contribution in [0, 0.1) is 0 Å². The molecule has 1 heterocycles. The molecule has 0 radical (unpaired) electrons. The molecule has 6 heteroatoms. The van der Waals surface area contributed by atoms with Crippen molar-refractivity contribution in [2.24, 2.45) is 0 Å². The Labute approximate surface area is 213 Å². The van der Waals surface area contributed by atoms with E-state index in [4.69, 9.17) is 16.3 Å². The Morgan fingerprint density at radius 2 is 1.57 bits per heavy atom. The Hall–Kier alpha value is -2.86. The van der Waals surface area contributed by atoms with Crippen molar-refractivity contribution in [3.05, 3.63) is 101 Å². The summed E-state index contributed by atoms with van der Waals surface area (Å²) in [5.41, 5.74) is 3.36. The first-order valence-electron chi connectivity index (χ1n) is 12.4. The Morgan fingerprint density at radius 3 is 2.17 bits per heavy atom. The molecule has 1 aliphatic heterocycles. The van der Waals surface area contributed by atoms with Gasteiger partial charge in [0.05, 0.1) is 12.6 Å². The molecule has 1 N–H and O–H groups in total. The molecule has 0 bridgehead atoms. The highest BCUT2D eigenvalue weighted by molar-refractivity contribution is 6.30. The Balaban J connectivity index is 1.22. The summed E-state index contributed by atoms with van der Waals surface area (Å²) in [5.74, 6) is 0. The van der Waals surface area contributed by atoms with Gasteiger partial charge in [-0.3, -0.25) is 10.2 Å². The number of carbonyl (C=O) groups excluding carboxylic acids is 1. The first-order valence-corrected chi connectivity index (χ1v) is 12.8. The molecule has 3 aromatic rings. The molecule has 1 atom stereocenters. The van der Waals surface area contributed by atoms with Crippen LogP contribution in [-0.4, -0.2) is 54.7 Å². The second-order valence-corrected chi connectivity index (χ2v) is 9.52. The molecule has 0 spiro atoms. The standard InChI is InChI=1S/C29H34ClN3O2/c1-23-22-32(18-8-9-21-35-29(34)31-27-16-14-26(30)15-17-27)19-20-33(23)28(24-10-4-2-5-11-24)25-12-6-3-7-13-25/h2-7,10-17,23,28H,8-9,18-22H2,1H3,(H,31,34)/t23-/m0/s1. The zero-order valence-electron chi connectivity index (χ0n) is 20.3. The molecule has 184 valence electrons. The molecule has 3 aromatic carbocycles. The predicted octanol–water partition coefficient (Wildman–Crippen LogP) is 6.46.